The second kappa shape index (κ2) is 5.03. The van der Waals surface area contributed by atoms with E-state index in [-0.39, 0.29) is 6.04 Å². The van der Waals surface area contributed by atoms with E-state index in [1.807, 2.05) is 11.8 Å². The third-order valence-corrected chi connectivity index (χ3v) is 4.10. The predicted octanol–water partition coefficient (Wildman–Crippen LogP) is 0.823. The minimum absolute atomic E-state index is 0.141. The van der Waals surface area contributed by atoms with Crippen LogP contribution in [0.2, 0.25) is 0 Å². The number of aromatic nitrogens is 5. The fourth-order valence-electron chi connectivity index (χ4n) is 1.86. The number of hydrogen-bond acceptors (Lipinski definition) is 6. The lowest BCUT2D eigenvalue weighted by Crippen LogP contribution is -2.42. The Morgan fingerprint density at radius 3 is 2.78 bits per heavy atom. The van der Waals surface area contributed by atoms with E-state index in [0.717, 1.165) is 5.82 Å². The molecular formula is C11H14N6S. The van der Waals surface area contributed by atoms with Gasteiger partial charge in [0.05, 0.1) is 6.04 Å². The SMILES string of the molecule is CC(NC1CSC1)c1ncnn1-c1ncccn1. The summed E-state index contributed by atoms with van der Waals surface area (Å²) in [6.45, 7) is 2.09. The van der Waals surface area contributed by atoms with Gasteiger partial charge in [0.2, 0.25) is 0 Å². The second-order valence-corrected chi connectivity index (χ2v) is 5.28. The van der Waals surface area contributed by atoms with Crippen molar-refractivity contribution in [2.24, 2.45) is 0 Å². The normalized spacial score (nSPS) is 17.4. The second-order valence-electron chi connectivity index (χ2n) is 4.20. The van der Waals surface area contributed by atoms with Crippen LogP contribution in [-0.2, 0) is 0 Å². The van der Waals surface area contributed by atoms with Gasteiger partial charge < -0.3 is 5.32 Å². The average molecular weight is 262 g/mol. The summed E-state index contributed by atoms with van der Waals surface area (Å²) in [6.07, 6.45) is 4.95. The lowest BCUT2D eigenvalue weighted by Gasteiger charge is -2.29. The highest BCUT2D eigenvalue weighted by atomic mass is 32.2. The molecule has 18 heavy (non-hydrogen) atoms. The first-order chi connectivity index (χ1) is 8.84. The van der Waals surface area contributed by atoms with Crippen LogP contribution in [0.3, 0.4) is 0 Å². The van der Waals surface area contributed by atoms with Crippen LogP contribution in [0.5, 0.6) is 0 Å². The Morgan fingerprint density at radius 2 is 2.11 bits per heavy atom. The van der Waals surface area contributed by atoms with E-state index in [9.17, 15) is 0 Å². The molecule has 7 heteroatoms. The number of hydrogen-bond donors (Lipinski definition) is 1. The molecule has 3 rings (SSSR count). The van der Waals surface area contributed by atoms with Gasteiger partial charge in [0.15, 0.2) is 5.82 Å². The lowest BCUT2D eigenvalue weighted by atomic mass is 10.2. The van der Waals surface area contributed by atoms with Crippen LogP contribution in [-0.4, -0.2) is 42.3 Å². The van der Waals surface area contributed by atoms with Gasteiger partial charge in [0.1, 0.15) is 6.33 Å². The molecule has 1 aliphatic rings. The highest BCUT2D eigenvalue weighted by molar-refractivity contribution is 8.00. The van der Waals surface area contributed by atoms with E-state index in [0.29, 0.717) is 12.0 Å². The first-order valence-electron chi connectivity index (χ1n) is 5.85. The summed E-state index contributed by atoms with van der Waals surface area (Å²) < 4.78 is 1.68. The average Bonchev–Trinajstić information content (AvgIpc) is 2.84. The Hall–Kier alpha value is -1.47. The largest absolute Gasteiger partial charge is 0.303 e. The van der Waals surface area contributed by atoms with Crippen LogP contribution in [0.4, 0.5) is 0 Å². The molecule has 1 atom stereocenters. The third kappa shape index (κ3) is 2.23. The first-order valence-corrected chi connectivity index (χ1v) is 7.01. The van der Waals surface area contributed by atoms with Crippen molar-refractivity contribution in [3.63, 3.8) is 0 Å². The Balaban J connectivity index is 1.82. The van der Waals surface area contributed by atoms with E-state index >= 15 is 0 Å². The monoisotopic (exact) mass is 262 g/mol. The molecule has 6 nitrogen and oxygen atoms in total. The highest BCUT2D eigenvalue weighted by Crippen LogP contribution is 2.21. The zero-order valence-corrected chi connectivity index (χ0v) is 10.8. The minimum atomic E-state index is 0.141. The zero-order valence-electron chi connectivity index (χ0n) is 10.0. The summed E-state index contributed by atoms with van der Waals surface area (Å²) in [5.74, 6) is 3.74. The Kier molecular flexibility index (Phi) is 3.24. The topological polar surface area (TPSA) is 68.5 Å². The fourth-order valence-corrected chi connectivity index (χ4v) is 2.52. The summed E-state index contributed by atoms with van der Waals surface area (Å²) >= 11 is 1.95. The Bertz CT molecular complexity index is 509. The number of nitrogens with zero attached hydrogens (tertiary/aromatic N) is 5. The first kappa shape index (κ1) is 11.6. The van der Waals surface area contributed by atoms with Crippen molar-refractivity contribution in [1.82, 2.24) is 30.0 Å². The summed E-state index contributed by atoms with van der Waals surface area (Å²) in [6, 6.07) is 2.50. The highest BCUT2D eigenvalue weighted by Gasteiger charge is 2.23. The number of nitrogens with one attached hydrogen (secondary N) is 1. The summed E-state index contributed by atoms with van der Waals surface area (Å²) in [5, 5.41) is 7.72. The molecule has 94 valence electrons. The maximum atomic E-state index is 4.31. The van der Waals surface area contributed by atoms with Crippen LogP contribution in [0.25, 0.3) is 5.95 Å². The van der Waals surface area contributed by atoms with Gasteiger partial charge in [-0.15, -0.1) is 0 Å². The predicted molar refractivity (Wildman–Crippen MR) is 69.6 cm³/mol. The van der Waals surface area contributed by atoms with Gasteiger partial charge >= 0.3 is 0 Å². The molecule has 0 amide bonds. The van der Waals surface area contributed by atoms with Crippen LogP contribution >= 0.6 is 11.8 Å². The number of thioether (sulfide) groups is 1. The molecule has 0 aliphatic carbocycles. The van der Waals surface area contributed by atoms with E-state index < -0.39 is 0 Å². The maximum Gasteiger partial charge on any atom is 0.252 e. The maximum absolute atomic E-state index is 4.31. The summed E-state index contributed by atoms with van der Waals surface area (Å²) in [7, 11) is 0. The Labute approximate surface area is 109 Å². The van der Waals surface area contributed by atoms with Crippen molar-refractivity contribution in [3.8, 4) is 5.95 Å². The van der Waals surface area contributed by atoms with Gasteiger partial charge in [-0.05, 0) is 13.0 Å². The smallest absolute Gasteiger partial charge is 0.252 e. The van der Waals surface area contributed by atoms with Crippen LogP contribution in [0, 0.1) is 0 Å². The van der Waals surface area contributed by atoms with Crippen LogP contribution < -0.4 is 5.32 Å². The van der Waals surface area contributed by atoms with Gasteiger partial charge in [0, 0.05) is 29.9 Å². The third-order valence-electron chi connectivity index (χ3n) is 2.83. The van der Waals surface area contributed by atoms with E-state index in [1.165, 1.54) is 11.5 Å². The van der Waals surface area contributed by atoms with Crippen molar-refractivity contribution >= 4 is 11.8 Å². The molecule has 0 spiro atoms. The molecule has 1 N–H and O–H groups in total. The van der Waals surface area contributed by atoms with Crippen molar-refractivity contribution in [2.45, 2.75) is 19.0 Å². The van der Waals surface area contributed by atoms with E-state index in [4.69, 9.17) is 0 Å². The number of rotatable bonds is 4. The quantitative estimate of drug-likeness (QED) is 0.880. The fraction of sp³-hybridized carbons (Fsp3) is 0.455. The molecule has 3 heterocycles. The molecule has 0 radical (unpaired) electrons. The van der Waals surface area contributed by atoms with Crippen molar-refractivity contribution in [2.75, 3.05) is 11.5 Å². The van der Waals surface area contributed by atoms with Gasteiger partial charge in [0.25, 0.3) is 5.95 Å². The molecule has 1 aliphatic heterocycles. The summed E-state index contributed by atoms with van der Waals surface area (Å²) in [5.41, 5.74) is 0. The van der Waals surface area contributed by atoms with Gasteiger partial charge in [-0.25, -0.2) is 15.0 Å². The van der Waals surface area contributed by atoms with E-state index in [2.05, 4.69) is 32.3 Å². The molecule has 1 saturated heterocycles. The lowest BCUT2D eigenvalue weighted by molar-refractivity contribution is 0.473. The van der Waals surface area contributed by atoms with Crippen molar-refractivity contribution in [1.29, 1.82) is 0 Å². The molecule has 0 bridgehead atoms. The van der Waals surface area contributed by atoms with Crippen molar-refractivity contribution in [3.05, 3.63) is 30.6 Å². The molecule has 0 aromatic carbocycles. The molecule has 2 aromatic heterocycles. The van der Waals surface area contributed by atoms with Crippen LogP contribution in [0.1, 0.15) is 18.8 Å². The van der Waals surface area contributed by atoms with Gasteiger partial charge in [-0.1, -0.05) is 0 Å². The van der Waals surface area contributed by atoms with Gasteiger partial charge in [-0.2, -0.15) is 21.5 Å². The van der Waals surface area contributed by atoms with Crippen molar-refractivity contribution < 1.29 is 0 Å². The molecular weight excluding hydrogens is 248 g/mol. The van der Waals surface area contributed by atoms with Crippen LogP contribution in [0.15, 0.2) is 24.8 Å². The minimum Gasteiger partial charge on any atom is -0.303 e. The zero-order chi connectivity index (χ0) is 12.4. The molecule has 1 unspecified atom stereocenters. The summed E-state index contributed by atoms with van der Waals surface area (Å²) in [4.78, 5) is 12.7. The Morgan fingerprint density at radius 1 is 1.33 bits per heavy atom. The standard InChI is InChI=1S/C11H14N6S/c1-8(16-9-5-18-6-9)10-14-7-15-17(10)11-12-3-2-4-13-11/h2-4,7-9,16H,5-6H2,1H3. The molecule has 0 saturated carbocycles. The van der Waals surface area contributed by atoms with E-state index in [1.54, 1.807) is 29.5 Å². The molecule has 2 aromatic rings. The molecule has 1 fully saturated rings. The van der Waals surface area contributed by atoms with Gasteiger partial charge in [-0.3, -0.25) is 0 Å².